The van der Waals surface area contributed by atoms with Gasteiger partial charge in [-0.15, -0.1) is 0 Å². The standard InChI is InChI=1S/C23H23N3O2/c1-3-26-12-11-21-19(14-26)22(18-9-4-5-10-20(18)25-21)23(28)24-17-8-6-7-16(13-17)15(2)27/h4-10,13H,3,11-12,14H2,1-2H3,(H,24,28). The van der Waals surface area contributed by atoms with Gasteiger partial charge in [0.2, 0.25) is 0 Å². The average molecular weight is 373 g/mol. The third-order valence-electron chi connectivity index (χ3n) is 5.33. The van der Waals surface area contributed by atoms with Gasteiger partial charge in [-0.05, 0) is 31.7 Å². The molecule has 1 aliphatic rings. The van der Waals surface area contributed by atoms with Gasteiger partial charge in [0, 0.05) is 47.4 Å². The fraction of sp³-hybridized carbons (Fsp3) is 0.261. The third-order valence-corrected chi connectivity index (χ3v) is 5.33. The Morgan fingerprint density at radius 3 is 2.75 bits per heavy atom. The lowest BCUT2D eigenvalue weighted by molar-refractivity contribution is 0.101. The van der Waals surface area contributed by atoms with Crippen LogP contribution in [0.25, 0.3) is 10.9 Å². The van der Waals surface area contributed by atoms with Gasteiger partial charge in [-0.3, -0.25) is 19.5 Å². The number of fused-ring (bicyclic) bond motifs is 2. The van der Waals surface area contributed by atoms with Gasteiger partial charge in [0.25, 0.3) is 5.91 Å². The summed E-state index contributed by atoms with van der Waals surface area (Å²) in [5.41, 5.74) is 4.74. The lowest BCUT2D eigenvalue weighted by Crippen LogP contribution is -2.33. The number of nitrogens with one attached hydrogen (secondary N) is 1. The van der Waals surface area contributed by atoms with Crippen LogP contribution in [0.2, 0.25) is 0 Å². The van der Waals surface area contributed by atoms with E-state index in [-0.39, 0.29) is 11.7 Å². The molecule has 1 N–H and O–H groups in total. The monoisotopic (exact) mass is 373 g/mol. The van der Waals surface area contributed by atoms with Crippen molar-refractivity contribution in [3.8, 4) is 0 Å². The Labute approximate surface area is 164 Å². The smallest absolute Gasteiger partial charge is 0.256 e. The maximum Gasteiger partial charge on any atom is 0.256 e. The van der Waals surface area contributed by atoms with Crippen LogP contribution in [0, 0.1) is 0 Å². The van der Waals surface area contributed by atoms with E-state index in [0.717, 1.165) is 48.2 Å². The van der Waals surface area contributed by atoms with Crippen LogP contribution < -0.4 is 5.32 Å². The molecule has 0 radical (unpaired) electrons. The summed E-state index contributed by atoms with van der Waals surface area (Å²) in [6.07, 6.45) is 0.841. The summed E-state index contributed by atoms with van der Waals surface area (Å²) in [4.78, 5) is 32.1. The molecule has 2 heterocycles. The Kier molecular flexibility index (Phi) is 4.92. The molecule has 1 aromatic heterocycles. The summed E-state index contributed by atoms with van der Waals surface area (Å²) in [6.45, 7) is 6.27. The summed E-state index contributed by atoms with van der Waals surface area (Å²) in [5.74, 6) is -0.185. The molecule has 0 bridgehead atoms. The number of Topliss-reactive ketones (excluding diaryl/α,β-unsaturated/α-hetero) is 1. The number of rotatable bonds is 4. The molecule has 4 rings (SSSR count). The molecule has 0 aliphatic carbocycles. The molecule has 0 saturated heterocycles. The lowest BCUT2D eigenvalue weighted by Gasteiger charge is -2.29. The van der Waals surface area contributed by atoms with Crippen molar-refractivity contribution >= 4 is 28.3 Å². The average Bonchev–Trinajstić information content (AvgIpc) is 2.71. The Balaban J connectivity index is 1.79. The molecular weight excluding hydrogens is 350 g/mol. The van der Waals surface area contributed by atoms with E-state index < -0.39 is 0 Å². The molecule has 0 atom stereocenters. The maximum atomic E-state index is 13.3. The number of para-hydroxylation sites is 1. The van der Waals surface area contributed by atoms with Crippen LogP contribution in [0.1, 0.15) is 45.8 Å². The highest BCUT2D eigenvalue weighted by Crippen LogP contribution is 2.29. The second-order valence-corrected chi connectivity index (χ2v) is 7.14. The van der Waals surface area contributed by atoms with E-state index in [1.165, 1.54) is 6.92 Å². The van der Waals surface area contributed by atoms with E-state index in [1.54, 1.807) is 24.3 Å². The van der Waals surface area contributed by atoms with Crippen LogP contribution in [0.3, 0.4) is 0 Å². The predicted molar refractivity (Wildman–Crippen MR) is 111 cm³/mol. The van der Waals surface area contributed by atoms with Gasteiger partial charge in [-0.1, -0.05) is 37.3 Å². The number of amides is 1. The summed E-state index contributed by atoms with van der Waals surface area (Å²) >= 11 is 0. The number of hydrogen-bond acceptors (Lipinski definition) is 4. The Morgan fingerprint density at radius 2 is 1.96 bits per heavy atom. The van der Waals surface area contributed by atoms with Gasteiger partial charge in [0.15, 0.2) is 5.78 Å². The predicted octanol–water partition coefficient (Wildman–Crippen LogP) is 4.07. The van der Waals surface area contributed by atoms with Gasteiger partial charge < -0.3 is 5.32 Å². The molecule has 5 heteroatoms. The number of carbonyl (C=O) groups is 2. The van der Waals surface area contributed by atoms with Crippen LogP contribution in [0.5, 0.6) is 0 Å². The Bertz CT molecular complexity index is 1070. The second kappa shape index (κ2) is 7.52. The summed E-state index contributed by atoms with van der Waals surface area (Å²) in [7, 11) is 0. The van der Waals surface area contributed by atoms with Gasteiger partial charge >= 0.3 is 0 Å². The number of hydrogen-bond donors (Lipinski definition) is 1. The molecule has 142 valence electrons. The van der Waals surface area contributed by atoms with Crippen LogP contribution in [-0.4, -0.2) is 34.7 Å². The number of carbonyl (C=O) groups excluding carboxylic acids is 2. The lowest BCUT2D eigenvalue weighted by atomic mass is 9.95. The molecule has 28 heavy (non-hydrogen) atoms. The van der Waals surface area contributed by atoms with E-state index in [9.17, 15) is 9.59 Å². The number of aromatic nitrogens is 1. The summed E-state index contributed by atoms with van der Waals surface area (Å²) in [6, 6.07) is 14.8. The zero-order chi connectivity index (χ0) is 19.7. The molecule has 0 fully saturated rings. The number of nitrogens with zero attached hydrogens (tertiary/aromatic N) is 2. The highest BCUT2D eigenvalue weighted by Gasteiger charge is 2.25. The molecule has 1 amide bonds. The first-order chi connectivity index (χ1) is 13.6. The van der Waals surface area contributed by atoms with Crippen molar-refractivity contribution in [2.75, 3.05) is 18.4 Å². The first kappa shape index (κ1) is 18.3. The fourth-order valence-corrected chi connectivity index (χ4v) is 3.78. The van der Waals surface area contributed by atoms with Crippen molar-refractivity contribution in [2.24, 2.45) is 0 Å². The molecule has 5 nitrogen and oxygen atoms in total. The molecule has 3 aromatic rings. The second-order valence-electron chi connectivity index (χ2n) is 7.14. The highest BCUT2D eigenvalue weighted by molar-refractivity contribution is 6.14. The number of benzene rings is 2. The molecule has 0 saturated carbocycles. The van der Waals surface area contributed by atoms with Crippen molar-refractivity contribution in [3.63, 3.8) is 0 Å². The van der Waals surface area contributed by atoms with E-state index in [1.807, 2.05) is 24.3 Å². The first-order valence-corrected chi connectivity index (χ1v) is 9.62. The van der Waals surface area contributed by atoms with Crippen LogP contribution in [0.15, 0.2) is 48.5 Å². The molecule has 0 unspecified atom stereocenters. The zero-order valence-corrected chi connectivity index (χ0v) is 16.2. The Morgan fingerprint density at radius 1 is 1.14 bits per heavy atom. The van der Waals surface area contributed by atoms with Gasteiger partial charge in [0.1, 0.15) is 0 Å². The normalized spacial score (nSPS) is 13.9. The van der Waals surface area contributed by atoms with Gasteiger partial charge in [-0.25, -0.2) is 0 Å². The highest BCUT2D eigenvalue weighted by atomic mass is 16.1. The maximum absolute atomic E-state index is 13.3. The van der Waals surface area contributed by atoms with Crippen LogP contribution in [-0.2, 0) is 13.0 Å². The van der Waals surface area contributed by atoms with Crippen LogP contribution in [0.4, 0.5) is 5.69 Å². The fourth-order valence-electron chi connectivity index (χ4n) is 3.78. The SMILES string of the molecule is CCN1CCc2nc3ccccc3c(C(=O)Nc3cccc(C(C)=O)c3)c2C1. The largest absolute Gasteiger partial charge is 0.322 e. The molecule has 1 aliphatic heterocycles. The van der Waals surface area contributed by atoms with E-state index >= 15 is 0 Å². The minimum Gasteiger partial charge on any atom is -0.322 e. The van der Waals surface area contributed by atoms with Crippen LogP contribution >= 0.6 is 0 Å². The van der Waals surface area contributed by atoms with Crippen molar-refractivity contribution in [3.05, 3.63) is 70.9 Å². The topological polar surface area (TPSA) is 62.3 Å². The molecule has 0 spiro atoms. The molecular formula is C23H23N3O2. The first-order valence-electron chi connectivity index (χ1n) is 9.62. The van der Waals surface area contributed by atoms with Crippen molar-refractivity contribution in [1.29, 1.82) is 0 Å². The van der Waals surface area contributed by atoms with Crippen molar-refractivity contribution < 1.29 is 9.59 Å². The van der Waals surface area contributed by atoms with E-state index in [4.69, 9.17) is 4.98 Å². The number of pyridine rings is 1. The Hall–Kier alpha value is -3.05. The number of ketones is 1. The molecule has 2 aromatic carbocycles. The van der Waals surface area contributed by atoms with Gasteiger partial charge in [0.05, 0.1) is 11.1 Å². The number of anilines is 1. The minimum absolute atomic E-state index is 0.0265. The van der Waals surface area contributed by atoms with Gasteiger partial charge in [-0.2, -0.15) is 0 Å². The third kappa shape index (κ3) is 3.41. The zero-order valence-electron chi connectivity index (χ0n) is 16.2. The summed E-state index contributed by atoms with van der Waals surface area (Å²) < 4.78 is 0. The van der Waals surface area contributed by atoms with Crippen molar-refractivity contribution in [2.45, 2.75) is 26.8 Å². The summed E-state index contributed by atoms with van der Waals surface area (Å²) in [5, 5.41) is 3.85. The quantitative estimate of drug-likeness (QED) is 0.701. The van der Waals surface area contributed by atoms with E-state index in [2.05, 4.69) is 17.1 Å². The number of likely N-dealkylation sites (N-methyl/N-ethyl adjacent to an activating group) is 1. The van der Waals surface area contributed by atoms with E-state index in [0.29, 0.717) is 16.8 Å². The minimum atomic E-state index is -0.159. The van der Waals surface area contributed by atoms with Crippen molar-refractivity contribution in [1.82, 2.24) is 9.88 Å².